The van der Waals surface area contributed by atoms with Crippen molar-refractivity contribution in [2.45, 2.75) is 36.2 Å². The monoisotopic (exact) mass is 518 g/mol. The van der Waals surface area contributed by atoms with E-state index in [0.29, 0.717) is 26.2 Å². The molecular formula is C27H29F3N2O3S. The minimum Gasteiger partial charge on any atom is -0.376 e. The summed E-state index contributed by atoms with van der Waals surface area (Å²) in [5, 5.41) is 9.95. The van der Waals surface area contributed by atoms with Crippen LogP contribution in [0.25, 0.3) is 0 Å². The second-order valence-electron chi connectivity index (χ2n) is 9.38. The molecule has 3 aromatic rings. The van der Waals surface area contributed by atoms with Gasteiger partial charge in [0.15, 0.2) is 15.4 Å². The van der Waals surface area contributed by atoms with E-state index in [1.165, 1.54) is 18.4 Å². The average molecular weight is 519 g/mol. The summed E-state index contributed by atoms with van der Waals surface area (Å²) in [7, 11) is -3.33. The number of nitrogens with zero attached hydrogens (tertiary/aromatic N) is 2. The van der Waals surface area contributed by atoms with Crippen LogP contribution in [0.4, 0.5) is 18.9 Å². The number of anilines is 1. The van der Waals surface area contributed by atoms with Gasteiger partial charge >= 0.3 is 6.18 Å². The van der Waals surface area contributed by atoms with Crippen molar-refractivity contribution in [1.82, 2.24) is 4.90 Å². The van der Waals surface area contributed by atoms with Crippen LogP contribution in [0.15, 0.2) is 83.8 Å². The Bertz CT molecular complexity index is 1290. The van der Waals surface area contributed by atoms with E-state index in [-0.39, 0.29) is 16.5 Å². The maximum Gasteiger partial charge on any atom is 0.421 e. The number of halogens is 3. The highest BCUT2D eigenvalue weighted by Crippen LogP contribution is 2.38. The van der Waals surface area contributed by atoms with Gasteiger partial charge in [0.25, 0.3) is 0 Å². The molecule has 1 aliphatic rings. The number of aliphatic hydroxyl groups is 1. The molecule has 1 heterocycles. The first kappa shape index (κ1) is 26.2. The van der Waals surface area contributed by atoms with E-state index in [0.717, 1.165) is 23.7 Å². The lowest BCUT2D eigenvalue weighted by Crippen LogP contribution is -2.48. The Labute approximate surface area is 209 Å². The zero-order chi connectivity index (χ0) is 26.1. The summed E-state index contributed by atoms with van der Waals surface area (Å²) in [5.74, 6) is 0. The van der Waals surface area contributed by atoms with Gasteiger partial charge in [-0.05, 0) is 41.8 Å². The van der Waals surface area contributed by atoms with Gasteiger partial charge in [-0.15, -0.1) is 0 Å². The Hall–Kier alpha value is -2.88. The predicted molar refractivity (Wildman–Crippen MR) is 133 cm³/mol. The molecule has 0 saturated carbocycles. The van der Waals surface area contributed by atoms with Crippen LogP contribution in [-0.2, 0) is 22.0 Å². The van der Waals surface area contributed by atoms with Crippen molar-refractivity contribution in [2.75, 3.05) is 30.8 Å². The lowest BCUT2D eigenvalue weighted by molar-refractivity contribution is -0.258. The molecular weight excluding hydrogens is 489 g/mol. The van der Waals surface area contributed by atoms with Gasteiger partial charge < -0.3 is 10.0 Å². The van der Waals surface area contributed by atoms with E-state index in [1.54, 1.807) is 30.3 Å². The number of rotatable bonds is 6. The fraction of sp³-hybridized carbons (Fsp3) is 0.333. The number of hydrogen-bond acceptors (Lipinski definition) is 5. The van der Waals surface area contributed by atoms with Crippen molar-refractivity contribution in [2.24, 2.45) is 0 Å². The second-order valence-corrected chi connectivity index (χ2v) is 11.4. The Morgan fingerprint density at radius 1 is 0.944 bits per heavy atom. The van der Waals surface area contributed by atoms with Crippen molar-refractivity contribution < 1.29 is 26.7 Å². The first-order valence-electron chi connectivity index (χ1n) is 11.6. The van der Waals surface area contributed by atoms with Crippen molar-refractivity contribution in [3.63, 3.8) is 0 Å². The molecule has 2 atom stereocenters. The van der Waals surface area contributed by atoms with Crippen molar-refractivity contribution in [1.29, 1.82) is 0 Å². The minimum absolute atomic E-state index is 0.0141. The van der Waals surface area contributed by atoms with E-state index in [1.807, 2.05) is 36.4 Å². The van der Waals surface area contributed by atoms with Crippen LogP contribution in [0.3, 0.4) is 0 Å². The Morgan fingerprint density at radius 3 is 2.22 bits per heavy atom. The van der Waals surface area contributed by atoms with E-state index in [4.69, 9.17) is 0 Å². The van der Waals surface area contributed by atoms with Gasteiger partial charge in [-0.2, -0.15) is 13.2 Å². The SMILES string of the molecule is C[C@](O)(c1ccc(CN2CCN(c3cccc(S(C)(=O)=O)c3)C[C@H]2c2ccccc2)cc1)C(F)(F)F. The molecule has 3 aromatic carbocycles. The summed E-state index contributed by atoms with van der Waals surface area (Å²) >= 11 is 0. The number of alkyl halides is 3. The minimum atomic E-state index is -4.77. The molecule has 9 heteroatoms. The highest BCUT2D eigenvalue weighted by atomic mass is 32.2. The molecule has 0 aliphatic carbocycles. The Kier molecular flexibility index (Phi) is 7.19. The number of hydrogen-bond donors (Lipinski definition) is 1. The fourth-order valence-electron chi connectivity index (χ4n) is 4.48. The van der Waals surface area contributed by atoms with Crippen LogP contribution in [0.5, 0.6) is 0 Å². The zero-order valence-corrected chi connectivity index (χ0v) is 20.9. The molecule has 0 unspecified atom stereocenters. The summed E-state index contributed by atoms with van der Waals surface area (Å²) < 4.78 is 63.7. The molecule has 192 valence electrons. The largest absolute Gasteiger partial charge is 0.421 e. The summed E-state index contributed by atoms with van der Waals surface area (Å²) in [6.45, 7) is 3.23. The normalized spacial score (nSPS) is 19.2. The van der Waals surface area contributed by atoms with E-state index < -0.39 is 21.6 Å². The summed E-state index contributed by atoms with van der Waals surface area (Å²) in [4.78, 5) is 4.70. The quantitative estimate of drug-likeness (QED) is 0.502. The lowest BCUT2D eigenvalue weighted by Gasteiger charge is -2.43. The van der Waals surface area contributed by atoms with E-state index in [9.17, 15) is 26.7 Å². The zero-order valence-electron chi connectivity index (χ0n) is 20.1. The van der Waals surface area contributed by atoms with Crippen molar-refractivity contribution in [3.05, 3.63) is 95.6 Å². The number of sulfone groups is 1. The summed E-state index contributed by atoms with van der Waals surface area (Å²) in [6.07, 6.45) is -3.58. The standard InChI is InChI=1S/C27H29F3N2O3S/c1-26(33,27(28,29)30)22-13-11-20(12-14-22)18-32-16-15-31(19-25(32)21-7-4-3-5-8-21)23-9-6-10-24(17-23)36(2,34)35/h3-14,17,25,33H,15-16,18-19H2,1-2H3/t25-,26-/m0/s1. The molecule has 5 nitrogen and oxygen atoms in total. The van der Waals surface area contributed by atoms with Gasteiger partial charge in [0, 0.05) is 38.1 Å². The second kappa shape index (κ2) is 9.88. The van der Waals surface area contributed by atoms with Gasteiger partial charge in [0.05, 0.1) is 10.9 Å². The first-order chi connectivity index (χ1) is 16.9. The molecule has 36 heavy (non-hydrogen) atoms. The average Bonchev–Trinajstić information content (AvgIpc) is 2.84. The molecule has 1 N–H and O–H groups in total. The van der Waals surface area contributed by atoms with Crippen LogP contribution in [0, 0.1) is 0 Å². The maximum absolute atomic E-state index is 13.2. The molecule has 1 fully saturated rings. The van der Waals surface area contributed by atoms with Crippen LogP contribution in [0.2, 0.25) is 0 Å². The van der Waals surface area contributed by atoms with E-state index in [2.05, 4.69) is 9.80 Å². The highest BCUT2D eigenvalue weighted by molar-refractivity contribution is 7.90. The van der Waals surface area contributed by atoms with Crippen molar-refractivity contribution in [3.8, 4) is 0 Å². The molecule has 0 aromatic heterocycles. The predicted octanol–water partition coefficient (Wildman–Crippen LogP) is 4.92. The van der Waals surface area contributed by atoms with Gasteiger partial charge in [-0.25, -0.2) is 8.42 Å². The van der Waals surface area contributed by atoms with Crippen LogP contribution < -0.4 is 4.90 Å². The number of benzene rings is 3. The molecule has 0 spiro atoms. The van der Waals surface area contributed by atoms with E-state index >= 15 is 0 Å². The summed E-state index contributed by atoms with van der Waals surface area (Å²) in [5.41, 5.74) is -0.348. The Morgan fingerprint density at radius 2 is 1.61 bits per heavy atom. The lowest BCUT2D eigenvalue weighted by atomic mass is 9.94. The van der Waals surface area contributed by atoms with Crippen LogP contribution in [0.1, 0.15) is 29.7 Å². The third kappa shape index (κ3) is 5.58. The topological polar surface area (TPSA) is 60.9 Å². The van der Waals surface area contributed by atoms with Gasteiger partial charge in [0.1, 0.15) is 0 Å². The van der Waals surface area contributed by atoms with Gasteiger partial charge in [0.2, 0.25) is 0 Å². The highest BCUT2D eigenvalue weighted by Gasteiger charge is 2.51. The molecule has 0 bridgehead atoms. The Balaban J connectivity index is 1.57. The van der Waals surface area contributed by atoms with Gasteiger partial charge in [-0.3, -0.25) is 4.90 Å². The molecule has 0 amide bonds. The summed E-state index contributed by atoms with van der Waals surface area (Å²) in [6, 6.07) is 22.8. The number of piperazine rings is 1. The maximum atomic E-state index is 13.2. The third-order valence-corrected chi connectivity index (χ3v) is 7.85. The molecule has 4 rings (SSSR count). The molecule has 1 saturated heterocycles. The van der Waals surface area contributed by atoms with Crippen LogP contribution >= 0.6 is 0 Å². The fourth-order valence-corrected chi connectivity index (χ4v) is 5.14. The van der Waals surface area contributed by atoms with Crippen molar-refractivity contribution >= 4 is 15.5 Å². The molecule has 0 radical (unpaired) electrons. The third-order valence-electron chi connectivity index (χ3n) is 6.74. The first-order valence-corrected chi connectivity index (χ1v) is 13.5. The van der Waals surface area contributed by atoms with Gasteiger partial charge in [-0.1, -0.05) is 60.7 Å². The smallest absolute Gasteiger partial charge is 0.376 e. The van der Waals surface area contributed by atoms with Crippen LogP contribution in [-0.4, -0.2) is 50.5 Å². The molecule has 1 aliphatic heterocycles.